The average Bonchev–Trinajstić information content (AvgIpc) is 3.29. The summed E-state index contributed by atoms with van der Waals surface area (Å²) in [7, 11) is 1.65. The van der Waals surface area contributed by atoms with E-state index in [0.29, 0.717) is 11.3 Å². The van der Waals surface area contributed by atoms with Gasteiger partial charge in [0.15, 0.2) is 5.69 Å². The molecular formula is C19H17FN4O3. The number of rotatable bonds is 6. The Morgan fingerprint density at radius 3 is 2.74 bits per heavy atom. The molecular weight excluding hydrogens is 351 g/mol. The summed E-state index contributed by atoms with van der Waals surface area (Å²) in [4.78, 5) is 24.5. The van der Waals surface area contributed by atoms with Gasteiger partial charge in [0.25, 0.3) is 5.91 Å². The molecule has 1 aromatic carbocycles. The standard InChI is InChI=1S/C19H17FN4O3/c1-24-12-16(18(23-24)19(26)21-11-15-3-2-10-27-15)22-17(25)9-6-13-4-7-14(20)8-5-13/h2-10,12H,11H2,1H3,(H,21,26)(H,22,25)/b9-6+. The number of carbonyl (C=O) groups is 2. The summed E-state index contributed by atoms with van der Waals surface area (Å²) < 4.78 is 19.5. The van der Waals surface area contributed by atoms with Gasteiger partial charge in [0.2, 0.25) is 5.91 Å². The maximum absolute atomic E-state index is 12.9. The molecule has 27 heavy (non-hydrogen) atoms. The van der Waals surface area contributed by atoms with Crippen LogP contribution in [-0.4, -0.2) is 21.6 Å². The molecule has 2 aromatic heterocycles. The van der Waals surface area contributed by atoms with Crippen molar-refractivity contribution in [3.05, 3.63) is 77.8 Å². The Bertz CT molecular complexity index is 960. The van der Waals surface area contributed by atoms with Gasteiger partial charge in [0, 0.05) is 19.3 Å². The second-order valence-electron chi connectivity index (χ2n) is 5.70. The van der Waals surface area contributed by atoms with E-state index in [0.717, 1.165) is 0 Å². The summed E-state index contributed by atoms with van der Waals surface area (Å²) in [5, 5.41) is 9.38. The molecule has 0 saturated carbocycles. The topological polar surface area (TPSA) is 89.2 Å². The molecule has 8 heteroatoms. The average molecular weight is 368 g/mol. The Labute approximate surface area is 154 Å². The van der Waals surface area contributed by atoms with E-state index in [9.17, 15) is 14.0 Å². The highest BCUT2D eigenvalue weighted by Crippen LogP contribution is 2.14. The fourth-order valence-electron chi connectivity index (χ4n) is 2.33. The van der Waals surface area contributed by atoms with Crippen molar-refractivity contribution in [2.24, 2.45) is 7.05 Å². The van der Waals surface area contributed by atoms with Gasteiger partial charge in [-0.15, -0.1) is 0 Å². The van der Waals surface area contributed by atoms with Crippen molar-refractivity contribution >= 4 is 23.6 Å². The normalized spacial score (nSPS) is 10.9. The van der Waals surface area contributed by atoms with Crippen LogP contribution in [0.3, 0.4) is 0 Å². The molecule has 0 unspecified atom stereocenters. The first kappa shape index (κ1) is 18.1. The quantitative estimate of drug-likeness (QED) is 0.655. The van der Waals surface area contributed by atoms with Crippen LogP contribution in [0.2, 0.25) is 0 Å². The summed E-state index contributed by atoms with van der Waals surface area (Å²) in [6.45, 7) is 0.209. The van der Waals surface area contributed by atoms with Gasteiger partial charge in [0.1, 0.15) is 11.6 Å². The fraction of sp³-hybridized carbons (Fsp3) is 0.105. The van der Waals surface area contributed by atoms with Crippen LogP contribution in [-0.2, 0) is 18.4 Å². The Hall–Kier alpha value is -3.68. The molecule has 2 heterocycles. The first-order chi connectivity index (χ1) is 13.0. The molecule has 0 aliphatic heterocycles. The van der Waals surface area contributed by atoms with E-state index < -0.39 is 11.8 Å². The van der Waals surface area contributed by atoms with Crippen molar-refractivity contribution in [1.29, 1.82) is 0 Å². The lowest BCUT2D eigenvalue weighted by Crippen LogP contribution is -2.24. The van der Waals surface area contributed by atoms with E-state index in [-0.39, 0.29) is 23.7 Å². The predicted octanol–water partition coefficient (Wildman–Crippen LogP) is 2.73. The molecule has 0 saturated heterocycles. The number of benzene rings is 1. The molecule has 0 aliphatic carbocycles. The summed E-state index contributed by atoms with van der Waals surface area (Å²) >= 11 is 0. The molecule has 3 aromatic rings. The van der Waals surface area contributed by atoms with Crippen LogP contribution in [0.4, 0.5) is 10.1 Å². The molecule has 3 rings (SSSR count). The number of aromatic nitrogens is 2. The van der Waals surface area contributed by atoms with Crippen LogP contribution in [0.1, 0.15) is 21.8 Å². The number of carbonyl (C=O) groups excluding carboxylic acids is 2. The minimum absolute atomic E-state index is 0.0904. The van der Waals surface area contributed by atoms with E-state index in [1.54, 1.807) is 37.4 Å². The van der Waals surface area contributed by atoms with Gasteiger partial charge in [-0.1, -0.05) is 12.1 Å². The van der Waals surface area contributed by atoms with Crippen molar-refractivity contribution < 1.29 is 18.4 Å². The van der Waals surface area contributed by atoms with Gasteiger partial charge in [-0.05, 0) is 35.9 Å². The number of halogens is 1. The Morgan fingerprint density at radius 2 is 2.04 bits per heavy atom. The lowest BCUT2D eigenvalue weighted by molar-refractivity contribution is -0.111. The van der Waals surface area contributed by atoms with Crippen molar-refractivity contribution in [2.75, 3.05) is 5.32 Å². The number of nitrogens with zero attached hydrogens (tertiary/aromatic N) is 2. The van der Waals surface area contributed by atoms with E-state index >= 15 is 0 Å². The Kier molecular flexibility index (Phi) is 5.46. The summed E-state index contributed by atoms with van der Waals surface area (Å²) in [6.07, 6.45) is 5.89. The molecule has 0 atom stereocenters. The van der Waals surface area contributed by atoms with Gasteiger partial charge in [-0.3, -0.25) is 14.3 Å². The third-order valence-electron chi connectivity index (χ3n) is 3.60. The Morgan fingerprint density at radius 1 is 1.26 bits per heavy atom. The minimum Gasteiger partial charge on any atom is -0.467 e. The van der Waals surface area contributed by atoms with Crippen molar-refractivity contribution in [3.63, 3.8) is 0 Å². The molecule has 0 bridgehead atoms. The molecule has 0 fully saturated rings. The second kappa shape index (κ2) is 8.13. The number of hydrogen-bond acceptors (Lipinski definition) is 4. The maximum Gasteiger partial charge on any atom is 0.274 e. The molecule has 138 valence electrons. The molecule has 2 N–H and O–H groups in total. The fourth-order valence-corrected chi connectivity index (χ4v) is 2.33. The SMILES string of the molecule is Cn1cc(NC(=O)/C=C/c2ccc(F)cc2)c(C(=O)NCc2ccco2)n1. The zero-order chi connectivity index (χ0) is 19.2. The third-order valence-corrected chi connectivity index (χ3v) is 3.60. The number of amides is 2. The number of anilines is 1. The maximum atomic E-state index is 12.9. The van der Waals surface area contributed by atoms with Gasteiger partial charge >= 0.3 is 0 Å². The second-order valence-corrected chi connectivity index (χ2v) is 5.70. The molecule has 0 aliphatic rings. The first-order valence-electron chi connectivity index (χ1n) is 8.10. The smallest absolute Gasteiger partial charge is 0.274 e. The van der Waals surface area contributed by atoms with Gasteiger partial charge in [-0.2, -0.15) is 5.10 Å². The third kappa shape index (κ3) is 4.91. The number of hydrogen-bond donors (Lipinski definition) is 2. The van der Waals surface area contributed by atoms with Crippen molar-refractivity contribution in [3.8, 4) is 0 Å². The minimum atomic E-state index is -0.440. The highest BCUT2D eigenvalue weighted by molar-refractivity contribution is 6.06. The van der Waals surface area contributed by atoms with E-state index in [1.165, 1.54) is 35.4 Å². The van der Waals surface area contributed by atoms with Gasteiger partial charge < -0.3 is 15.1 Å². The highest BCUT2D eigenvalue weighted by Gasteiger charge is 2.17. The lowest BCUT2D eigenvalue weighted by Gasteiger charge is -2.04. The van der Waals surface area contributed by atoms with Crippen molar-refractivity contribution in [2.45, 2.75) is 6.54 Å². The zero-order valence-electron chi connectivity index (χ0n) is 14.5. The largest absolute Gasteiger partial charge is 0.467 e. The van der Waals surface area contributed by atoms with Crippen molar-refractivity contribution in [1.82, 2.24) is 15.1 Å². The van der Waals surface area contributed by atoms with Crippen LogP contribution in [0.15, 0.2) is 59.4 Å². The summed E-state index contributed by atoms with van der Waals surface area (Å²) in [6, 6.07) is 9.18. The van der Waals surface area contributed by atoms with Gasteiger partial charge in [0.05, 0.1) is 18.5 Å². The van der Waals surface area contributed by atoms with Crippen LogP contribution >= 0.6 is 0 Å². The number of nitrogens with one attached hydrogen (secondary N) is 2. The van der Waals surface area contributed by atoms with Crippen LogP contribution in [0, 0.1) is 5.82 Å². The van der Waals surface area contributed by atoms with Crippen LogP contribution in [0.5, 0.6) is 0 Å². The zero-order valence-corrected chi connectivity index (χ0v) is 14.5. The first-order valence-corrected chi connectivity index (χ1v) is 8.10. The predicted molar refractivity (Wildman–Crippen MR) is 97.1 cm³/mol. The van der Waals surface area contributed by atoms with E-state index in [2.05, 4.69) is 15.7 Å². The Balaban J connectivity index is 1.65. The molecule has 7 nitrogen and oxygen atoms in total. The number of aryl methyl sites for hydroxylation is 1. The summed E-state index contributed by atoms with van der Waals surface area (Å²) in [5.41, 5.74) is 1.05. The molecule has 2 amide bonds. The van der Waals surface area contributed by atoms with E-state index in [4.69, 9.17) is 4.42 Å². The van der Waals surface area contributed by atoms with Crippen LogP contribution < -0.4 is 10.6 Å². The lowest BCUT2D eigenvalue weighted by atomic mass is 10.2. The van der Waals surface area contributed by atoms with E-state index in [1.807, 2.05) is 0 Å². The summed E-state index contributed by atoms with van der Waals surface area (Å²) in [5.74, 6) is -0.624. The molecule has 0 radical (unpaired) electrons. The number of furan rings is 1. The van der Waals surface area contributed by atoms with Gasteiger partial charge in [-0.25, -0.2) is 4.39 Å². The highest BCUT2D eigenvalue weighted by atomic mass is 19.1. The monoisotopic (exact) mass is 368 g/mol. The van der Waals surface area contributed by atoms with Crippen LogP contribution in [0.25, 0.3) is 6.08 Å². The molecule has 0 spiro atoms.